The van der Waals surface area contributed by atoms with E-state index in [-0.39, 0.29) is 5.91 Å². The SMILES string of the molecule is COc1ccc(/C=N\N2C(=O)c3ccccc3O[C@H]2c2ccc(OC)cc2)cc1. The zero-order valence-electron chi connectivity index (χ0n) is 16.1. The second kappa shape index (κ2) is 8.06. The number of nitrogens with zero attached hydrogens (tertiary/aromatic N) is 2. The fraction of sp³-hybridized carbons (Fsp3) is 0.130. The van der Waals surface area contributed by atoms with E-state index in [4.69, 9.17) is 14.2 Å². The van der Waals surface area contributed by atoms with Gasteiger partial charge in [-0.25, -0.2) is 0 Å². The van der Waals surface area contributed by atoms with E-state index in [2.05, 4.69) is 5.10 Å². The summed E-state index contributed by atoms with van der Waals surface area (Å²) in [4.78, 5) is 13.1. The zero-order chi connectivity index (χ0) is 20.2. The summed E-state index contributed by atoms with van der Waals surface area (Å²) in [5.41, 5.74) is 2.11. The minimum atomic E-state index is -0.683. The van der Waals surface area contributed by atoms with Crippen LogP contribution in [0.2, 0.25) is 0 Å². The largest absolute Gasteiger partial charge is 0.497 e. The number of hydrogen-bond acceptors (Lipinski definition) is 5. The van der Waals surface area contributed by atoms with E-state index < -0.39 is 6.23 Å². The van der Waals surface area contributed by atoms with E-state index in [1.54, 1.807) is 38.6 Å². The van der Waals surface area contributed by atoms with Gasteiger partial charge < -0.3 is 14.2 Å². The molecule has 6 heteroatoms. The third-order valence-corrected chi connectivity index (χ3v) is 4.63. The van der Waals surface area contributed by atoms with Crippen LogP contribution in [-0.4, -0.2) is 31.4 Å². The van der Waals surface area contributed by atoms with Crippen molar-refractivity contribution in [2.45, 2.75) is 6.23 Å². The molecule has 1 heterocycles. The number of amides is 1. The third kappa shape index (κ3) is 3.78. The summed E-state index contributed by atoms with van der Waals surface area (Å²) in [6, 6.07) is 22.0. The maximum Gasteiger partial charge on any atom is 0.281 e. The normalized spacial score (nSPS) is 15.7. The second-order valence-corrected chi connectivity index (χ2v) is 6.41. The molecule has 1 atom stereocenters. The number of para-hydroxylation sites is 1. The van der Waals surface area contributed by atoms with Gasteiger partial charge in [0.1, 0.15) is 17.2 Å². The van der Waals surface area contributed by atoms with Crippen molar-refractivity contribution in [3.8, 4) is 17.2 Å². The van der Waals surface area contributed by atoms with Gasteiger partial charge in [-0.3, -0.25) is 4.79 Å². The lowest BCUT2D eigenvalue weighted by atomic mass is 10.1. The fourth-order valence-electron chi connectivity index (χ4n) is 3.06. The van der Waals surface area contributed by atoms with E-state index in [1.807, 2.05) is 54.6 Å². The summed E-state index contributed by atoms with van der Waals surface area (Å²) in [5.74, 6) is 1.79. The molecule has 0 aromatic heterocycles. The minimum absolute atomic E-state index is 0.225. The lowest BCUT2D eigenvalue weighted by Crippen LogP contribution is -2.38. The quantitative estimate of drug-likeness (QED) is 0.613. The highest BCUT2D eigenvalue weighted by Crippen LogP contribution is 2.35. The zero-order valence-corrected chi connectivity index (χ0v) is 16.1. The predicted octanol–water partition coefficient (Wildman–Crippen LogP) is 4.27. The molecule has 0 aliphatic carbocycles. The Kier molecular flexibility index (Phi) is 5.16. The number of fused-ring (bicyclic) bond motifs is 1. The number of benzene rings is 3. The Balaban J connectivity index is 1.69. The van der Waals surface area contributed by atoms with Crippen molar-refractivity contribution in [2.24, 2.45) is 5.10 Å². The minimum Gasteiger partial charge on any atom is -0.497 e. The van der Waals surface area contributed by atoms with Gasteiger partial charge in [-0.1, -0.05) is 12.1 Å². The van der Waals surface area contributed by atoms with E-state index in [0.717, 1.165) is 22.6 Å². The number of rotatable bonds is 5. The van der Waals surface area contributed by atoms with Gasteiger partial charge in [0.15, 0.2) is 0 Å². The Morgan fingerprint density at radius 3 is 2.17 bits per heavy atom. The Labute approximate surface area is 168 Å². The van der Waals surface area contributed by atoms with E-state index >= 15 is 0 Å². The molecule has 4 rings (SSSR count). The third-order valence-electron chi connectivity index (χ3n) is 4.63. The second-order valence-electron chi connectivity index (χ2n) is 6.41. The summed E-state index contributed by atoms with van der Waals surface area (Å²) in [5, 5.41) is 5.81. The van der Waals surface area contributed by atoms with Crippen molar-refractivity contribution >= 4 is 12.1 Å². The Bertz CT molecular complexity index is 1030. The van der Waals surface area contributed by atoms with Gasteiger partial charge in [0.05, 0.1) is 26.0 Å². The molecule has 3 aromatic carbocycles. The van der Waals surface area contributed by atoms with Gasteiger partial charge in [0, 0.05) is 5.56 Å². The Morgan fingerprint density at radius 1 is 0.897 bits per heavy atom. The lowest BCUT2D eigenvalue weighted by Gasteiger charge is -2.33. The van der Waals surface area contributed by atoms with Gasteiger partial charge >= 0.3 is 0 Å². The highest BCUT2D eigenvalue weighted by Gasteiger charge is 2.34. The van der Waals surface area contributed by atoms with Gasteiger partial charge in [-0.2, -0.15) is 10.1 Å². The summed E-state index contributed by atoms with van der Waals surface area (Å²) in [7, 11) is 3.22. The molecular formula is C23H20N2O4. The van der Waals surface area contributed by atoms with Crippen LogP contribution in [0.25, 0.3) is 0 Å². The molecule has 3 aromatic rings. The molecular weight excluding hydrogens is 368 g/mol. The van der Waals surface area contributed by atoms with Crippen molar-refractivity contribution in [2.75, 3.05) is 14.2 Å². The van der Waals surface area contributed by atoms with Crippen molar-refractivity contribution in [3.05, 3.63) is 89.5 Å². The van der Waals surface area contributed by atoms with E-state index in [0.29, 0.717) is 11.3 Å². The highest BCUT2D eigenvalue weighted by molar-refractivity contribution is 5.98. The number of carbonyl (C=O) groups excluding carboxylic acids is 1. The van der Waals surface area contributed by atoms with Gasteiger partial charge in [0.2, 0.25) is 6.23 Å². The molecule has 0 saturated carbocycles. The molecule has 6 nitrogen and oxygen atoms in total. The average molecular weight is 388 g/mol. The maximum absolute atomic E-state index is 13.1. The predicted molar refractivity (Wildman–Crippen MR) is 110 cm³/mol. The van der Waals surface area contributed by atoms with Crippen molar-refractivity contribution in [1.82, 2.24) is 5.01 Å². The molecule has 146 valence electrons. The Hall–Kier alpha value is -3.80. The van der Waals surface area contributed by atoms with Crippen LogP contribution in [0.1, 0.15) is 27.7 Å². The first-order valence-electron chi connectivity index (χ1n) is 9.11. The van der Waals surface area contributed by atoms with Crippen LogP contribution >= 0.6 is 0 Å². The smallest absolute Gasteiger partial charge is 0.281 e. The lowest BCUT2D eigenvalue weighted by molar-refractivity contribution is 0.00994. The van der Waals surface area contributed by atoms with Gasteiger partial charge in [0.25, 0.3) is 5.91 Å². The monoisotopic (exact) mass is 388 g/mol. The number of ether oxygens (including phenoxy) is 3. The van der Waals surface area contributed by atoms with Crippen LogP contribution < -0.4 is 14.2 Å². The van der Waals surface area contributed by atoms with Gasteiger partial charge in [-0.15, -0.1) is 0 Å². The maximum atomic E-state index is 13.1. The molecule has 0 spiro atoms. The molecule has 1 amide bonds. The van der Waals surface area contributed by atoms with E-state index in [9.17, 15) is 4.79 Å². The first-order chi connectivity index (χ1) is 14.2. The molecule has 0 unspecified atom stereocenters. The molecule has 1 aliphatic heterocycles. The average Bonchev–Trinajstić information content (AvgIpc) is 2.79. The number of hydrazone groups is 1. The summed E-state index contributed by atoms with van der Waals surface area (Å²) >= 11 is 0. The standard InChI is InChI=1S/C23H20N2O4/c1-27-18-11-7-16(8-12-18)15-24-25-22(26)20-5-3-4-6-21(20)29-23(25)17-9-13-19(28-2)14-10-17/h3-15,23H,1-2H3/b24-15-/t23-/m0/s1. The first-order valence-corrected chi connectivity index (χ1v) is 9.11. The Morgan fingerprint density at radius 2 is 1.52 bits per heavy atom. The van der Waals surface area contributed by atoms with Crippen molar-refractivity contribution in [3.63, 3.8) is 0 Å². The topological polar surface area (TPSA) is 60.4 Å². The van der Waals surface area contributed by atoms with Crippen LogP contribution in [0, 0.1) is 0 Å². The number of methoxy groups -OCH3 is 2. The molecule has 0 N–H and O–H groups in total. The molecule has 0 bridgehead atoms. The van der Waals surface area contributed by atoms with Gasteiger partial charge in [-0.05, 0) is 66.2 Å². The molecule has 0 fully saturated rings. The summed E-state index contributed by atoms with van der Waals surface area (Å²) in [6.45, 7) is 0. The van der Waals surface area contributed by atoms with Crippen LogP contribution in [0.4, 0.5) is 0 Å². The summed E-state index contributed by atoms with van der Waals surface area (Å²) < 4.78 is 16.5. The van der Waals surface area contributed by atoms with Crippen molar-refractivity contribution in [1.29, 1.82) is 0 Å². The summed E-state index contributed by atoms with van der Waals surface area (Å²) in [6.07, 6.45) is 0.948. The molecule has 0 radical (unpaired) electrons. The van der Waals surface area contributed by atoms with Crippen LogP contribution in [0.15, 0.2) is 77.9 Å². The van der Waals surface area contributed by atoms with Crippen LogP contribution in [0.5, 0.6) is 17.2 Å². The number of carbonyl (C=O) groups is 1. The van der Waals surface area contributed by atoms with Crippen LogP contribution in [0.3, 0.4) is 0 Å². The van der Waals surface area contributed by atoms with Crippen molar-refractivity contribution < 1.29 is 19.0 Å². The highest BCUT2D eigenvalue weighted by atomic mass is 16.5. The number of hydrogen-bond donors (Lipinski definition) is 0. The molecule has 1 aliphatic rings. The van der Waals surface area contributed by atoms with E-state index in [1.165, 1.54) is 5.01 Å². The molecule has 29 heavy (non-hydrogen) atoms. The van der Waals surface area contributed by atoms with Crippen LogP contribution in [-0.2, 0) is 0 Å². The fourth-order valence-corrected chi connectivity index (χ4v) is 3.06. The molecule has 0 saturated heterocycles. The first kappa shape index (κ1) is 18.6.